The van der Waals surface area contributed by atoms with Crippen LogP contribution in [0, 0.1) is 0 Å². The van der Waals surface area contributed by atoms with Crippen molar-refractivity contribution < 1.29 is 89.1 Å². The fourth-order valence-corrected chi connectivity index (χ4v) is 3.72. The topological polar surface area (TPSA) is 402 Å². The van der Waals surface area contributed by atoms with Gasteiger partial charge in [0.2, 0.25) is 0 Å². The van der Waals surface area contributed by atoms with Crippen molar-refractivity contribution in [2.45, 2.75) is 35.9 Å². The largest absolute Gasteiger partial charge is 0.481 e. The Morgan fingerprint density at radius 3 is 0.619 bits per heavy atom. The molecule has 0 aliphatic rings. The summed E-state index contributed by atoms with van der Waals surface area (Å²) in [5.41, 5.74) is -22.8. The molecule has 0 radical (unpaired) electrons. The summed E-state index contributed by atoms with van der Waals surface area (Å²) in [6, 6.07) is 0. The zero-order chi connectivity index (χ0) is 33.3. The lowest BCUT2D eigenvalue weighted by Gasteiger charge is -2.32. The van der Waals surface area contributed by atoms with Gasteiger partial charge in [-0.3, -0.25) is 14.4 Å². The molecule has 0 aliphatic carbocycles. The molecule has 1 heterocycles. The zero-order valence-corrected chi connectivity index (χ0v) is 19.9. The maximum absolute atomic E-state index is 13.4. The second-order valence-electron chi connectivity index (χ2n) is 7.98. The van der Waals surface area contributed by atoms with Crippen LogP contribution in [-0.2, 0) is 59.8 Å². The van der Waals surface area contributed by atoms with Gasteiger partial charge in [-0.05, 0) is 0 Å². The summed E-state index contributed by atoms with van der Waals surface area (Å²) >= 11 is 0. The van der Waals surface area contributed by atoms with E-state index in [-0.39, 0.29) is 0 Å². The molecule has 9 N–H and O–H groups in total. The summed E-state index contributed by atoms with van der Waals surface area (Å²) < 4.78 is -4.30. The monoisotopic (exact) mass is 609 g/mol. The van der Waals surface area contributed by atoms with Crippen molar-refractivity contribution in [1.29, 1.82) is 0 Å². The Morgan fingerprint density at radius 2 is 0.524 bits per heavy atom. The molecular formula is C18H15N3O21. The van der Waals surface area contributed by atoms with Crippen LogP contribution in [0.5, 0.6) is 0 Å². The third-order valence-electron chi connectivity index (χ3n) is 5.64. The molecule has 0 bridgehead atoms. The summed E-state index contributed by atoms with van der Waals surface area (Å²) in [5.74, 6) is -25.7. The first-order valence-electron chi connectivity index (χ1n) is 10.1. The quantitative estimate of drug-likeness (QED) is 0.0835. The summed E-state index contributed by atoms with van der Waals surface area (Å²) in [5, 5.41) is 85.2. The standard InChI is InChI=1S/C18H15N3O21/c22-4(23)1-16(7(28)29,8(30)31)19-13(40)20(17(9(32)33,10(34)35)2-5(24)25)15(42)21(14(19)41)18(11(36)37,12(38)39)3-6(26)27/h1-3H2,(H,22,23)(H,24,25)(H,26,27)(H,28,29)(H,30,31)(H,32,33)(H,34,35)(H,36,37)(H,38,39). The number of aromatic nitrogens is 3. The van der Waals surface area contributed by atoms with Crippen LogP contribution >= 0.6 is 0 Å². The van der Waals surface area contributed by atoms with E-state index in [1.54, 1.807) is 0 Å². The lowest BCUT2D eigenvalue weighted by Crippen LogP contribution is -2.73. The van der Waals surface area contributed by atoms with E-state index in [9.17, 15) is 88.2 Å². The van der Waals surface area contributed by atoms with E-state index < -0.39 is 120 Å². The first-order chi connectivity index (χ1) is 19.0. The number of hydrogen-bond acceptors (Lipinski definition) is 12. The Balaban J connectivity index is 5.20. The Bertz CT molecular complexity index is 1370. The second-order valence-corrected chi connectivity index (χ2v) is 7.98. The predicted molar refractivity (Wildman–Crippen MR) is 116 cm³/mol. The molecule has 24 heteroatoms. The highest BCUT2D eigenvalue weighted by Crippen LogP contribution is 2.25. The van der Waals surface area contributed by atoms with E-state index in [2.05, 4.69) is 0 Å². The number of nitrogens with zero attached hydrogens (tertiary/aromatic N) is 3. The third kappa shape index (κ3) is 4.77. The maximum Gasteiger partial charge on any atom is 0.342 e. The van der Waals surface area contributed by atoms with E-state index in [1.165, 1.54) is 0 Å². The van der Waals surface area contributed by atoms with Crippen molar-refractivity contribution in [2.75, 3.05) is 0 Å². The highest BCUT2D eigenvalue weighted by atomic mass is 16.4. The van der Waals surface area contributed by atoms with Crippen LogP contribution < -0.4 is 17.1 Å². The number of carboxylic acids is 9. The van der Waals surface area contributed by atoms with Crippen LogP contribution in [-0.4, -0.2) is 113 Å². The number of aliphatic carboxylic acids is 9. The third-order valence-corrected chi connectivity index (χ3v) is 5.64. The normalized spacial score (nSPS) is 11.7. The molecule has 0 spiro atoms. The fraction of sp³-hybridized carbons (Fsp3) is 0.333. The number of hydrogen-bond donors (Lipinski definition) is 9. The first kappa shape index (κ1) is 33.7. The number of carboxylic acid groups (broad SMARTS) is 9. The molecule has 0 saturated carbocycles. The van der Waals surface area contributed by atoms with Gasteiger partial charge in [0, 0.05) is 0 Å². The van der Waals surface area contributed by atoms with Crippen molar-refractivity contribution in [3.8, 4) is 0 Å². The first-order valence-corrected chi connectivity index (χ1v) is 10.1. The minimum absolute atomic E-state index is 1.43. The van der Waals surface area contributed by atoms with Gasteiger partial charge in [0.25, 0.3) is 16.6 Å². The molecule has 0 aromatic carbocycles. The minimum Gasteiger partial charge on any atom is -0.481 e. The van der Waals surface area contributed by atoms with E-state index in [0.29, 0.717) is 0 Å². The van der Waals surface area contributed by atoms with Crippen LogP contribution in [0.15, 0.2) is 14.4 Å². The van der Waals surface area contributed by atoms with Gasteiger partial charge in [0.1, 0.15) is 0 Å². The molecule has 0 saturated heterocycles. The van der Waals surface area contributed by atoms with Gasteiger partial charge in [-0.25, -0.2) is 56.9 Å². The molecule has 24 nitrogen and oxygen atoms in total. The highest BCUT2D eigenvalue weighted by molar-refractivity contribution is 6.05. The molecule has 0 atom stereocenters. The van der Waals surface area contributed by atoms with Gasteiger partial charge < -0.3 is 46.0 Å². The molecule has 1 aromatic heterocycles. The van der Waals surface area contributed by atoms with Crippen LogP contribution in [0.4, 0.5) is 0 Å². The predicted octanol–water partition coefficient (Wildman–Crippen LogP) is -5.81. The highest BCUT2D eigenvalue weighted by Gasteiger charge is 2.61. The fourth-order valence-electron chi connectivity index (χ4n) is 3.72. The summed E-state index contributed by atoms with van der Waals surface area (Å²) in [7, 11) is 0. The van der Waals surface area contributed by atoms with E-state index >= 15 is 0 Å². The van der Waals surface area contributed by atoms with Crippen LogP contribution in [0.2, 0.25) is 0 Å². The van der Waals surface area contributed by atoms with Gasteiger partial charge in [-0.15, -0.1) is 0 Å². The van der Waals surface area contributed by atoms with Crippen molar-refractivity contribution in [3.05, 3.63) is 31.5 Å². The Labute approximate surface area is 224 Å². The Morgan fingerprint density at radius 1 is 0.381 bits per heavy atom. The summed E-state index contributed by atoms with van der Waals surface area (Å²) in [6.07, 6.45) is -7.28. The van der Waals surface area contributed by atoms with Crippen molar-refractivity contribution >= 4 is 53.7 Å². The van der Waals surface area contributed by atoms with Gasteiger partial charge >= 0.3 is 70.8 Å². The lowest BCUT2D eigenvalue weighted by molar-refractivity contribution is -0.171. The molecule has 0 unspecified atom stereocenters. The van der Waals surface area contributed by atoms with Crippen LogP contribution in [0.1, 0.15) is 19.3 Å². The van der Waals surface area contributed by atoms with E-state index in [4.69, 9.17) is 15.3 Å². The molecule has 1 aromatic rings. The molecule has 1 rings (SSSR count). The lowest BCUT2D eigenvalue weighted by atomic mass is 9.92. The molecule has 42 heavy (non-hydrogen) atoms. The smallest absolute Gasteiger partial charge is 0.342 e. The van der Waals surface area contributed by atoms with Crippen LogP contribution in [0.25, 0.3) is 0 Å². The molecule has 228 valence electrons. The van der Waals surface area contributed by atoms with Gasteiger partial charge in [-0.2, -0.15) is 0 Å². The number of carbonyl (C=O) groups is 9. The SMILES string of the molecule is O=C(O)CC(C(=O)O)(C(=O)O)n1c(=O)n(C(CC(=O)O)(C(=O)O)C(=O)O)c(=O)n(C(CC(=O)O)(C(=O)O)C(=O)O)c1=O. The average Bonchev–Trinajstić information content (AvgIpc) is 2.79. The van der Waals surface area contributed by atoms with E-state index in [0.717, 1.165) is 0 Å². The maximum atomic E-state index is 13.4. The molecule has 0 aliphatic heterocycles. The zero-order valence-electron chi connectivity index (χ0n) is 19.9. The van der Waals surface area contributed by atoms with Crippen molar-refractivity contribution in [1.82, 2.24) is 13.7 Å². The van der Waals surface area contributed by atoms with Gasteiger partial charge in [0.05, 0.1) is 19.3 Å². The van der Waals surface area contributed by atoms with Gasteiger partial charge in [-0.1, -0.05) is 0 Å². The molecular weight excluding hydrogens is 594 g/mol. The van der Waals surface area contributed by atoms with Crippen LogP contribution in [0.3, 0.4) is 0 Å². The van der Waals surface area contributed by atoms with E-state index in [1.807, 2.05) is 0 Å². The summed E-state index contributed by atoms with van der Waals surface area (Å²) in [4.78, 5) is 147. The minimum atomic E-state index is -4.59. The van der Waals surface area contributed by atoms with Crippen molar-refractivity contribution in [2.24, 2.45) is 0 Å². The van der Waals surface area contributed by atoms with Crippen molar-refractivity contribution in [3.63, 3.8) is 0 Å². The summed E-state index contributed by atoms with van der Waals surface area (Å²) in [6.45, 7) is 0. The molecule has 0 fully saturated rings. The Hall–Kier alpha value is -6.36. The second kappa shape index (κ2) is 11.0. The molecule has 0 amide bonds. The van der Waals surface area contributed by atoms with Gasteiger partial charge in [0.15, 0.2) is 0 Å². The Kier molecular flexibility index (Phi) is 8.83. The average molecular weight is 609 g/mol. The number of rotatable bonds is 15.